The highest BCUT2D eigenvalue weighted by Gasteiger charge is 2.37. The fourth-order valence-electron chi connectivity index (χ4n) is 6.05. The zero-order valence-corrected chi connectivity index (χ0v) is 23.4. The summed E-state index contributed by atoms with van der Waals surface area (Å²) in [5.41, 5.74) is 7.84. The van der Waals surface area contributed by atoms with Crippen LogP contribution in [0.1, 0.15) is 55.7 Å². The van der Waals surface area contributed by atoms with Crippen LogP contribution in [0.25, 0.3) is 0 Å². The normalized spacial score (nSPS) is 24.4. The molecule has 0 radical (unpaired) electrons. The SMILES string of the molecule is Cc1ccc(S(=O)(=O)N2CCC(OC(CC3CCC(C(c4ccc(F)cc4)N(C)C)CC3)C(N)=O)C2)cc1. The Morgan fingerprint density at radius 1 is 1.05 bits per heavy atom. The summed E-state index contributed by atoms with van der Waals surface area (Å²) in [4.78, 5) is 14.8. The highest BCUT2D eigenvalue weighted by atomic mass is 32.2. The minimum atomic E-state index is -3.61. The molecule has 2 aliphatic rings. The van der Waals surface area contributed by atoms with E-state index in [2.05, 4.69) is 19.0 Å². The number of sulfonamides is 1. The molecule has 1 saturated heterocycles. The van der Waals surface area contributed by atoms with Crippen molar-refractivity contribution in [1.29, 1.82) is 0 Å². The molecule has 0 aromatic heterocycles. The number of benzene rings is 2. The minimum absolute atomic E-state index is 0.208. The molecule has 0 spiro atoms. The topological polar surface area (TPSA) is 92.9 Å². The van der Waals surface area contributed by atoms with E-state index >= 15 is 0 Å². The number of primary amides is 1. The molecule has 9 heteroatoms. The van der Waals surface area contributed by atoms with Gasteiger partial charge < -0.3 is 15.4 Å². The van der Waals surface area contributed by atoms with Crippen molar-refractivity contribution >= 4 is 15.9 Å². The number of carbonyl (C=O) groups excluding carboxylic acids is 1. The van der Waals surface area contributed by atoms with E-state index in [1.807, 2.05) is 19.1 Å². The van der Waals surface area contributed by atoms with Crippen LogP contribution < -0.4 is 5.73 Å². The molecule has 1 aliphatic carbocycles. The van der Waals surface area contributed by atoms with E-state index in [-0.39, 0.29) is 29.4 Å². The number of rotatable bonds is 10. The van der Waals surface area contributed by atoms with E-state index in [1.54, 1.807) is 24.3 Å². The monoisotopic (exact) mass is 545 g/mol. The van der Waals surface area contributed by atoms with Crippen LogP contribution >= 0.6 is 0 Å². The molecule has 3 atom stereocenters. The van der Waals surface area contributed by atoms with Crippen molar-refractivity contribution in [2.75, 3.05) is 27.2 Å². The Kier molecular flexibility index (Phi) is 9.23. The summed E-state index contributed by atoms with van der Waals surface area (Å²) in [6.45, 7) is 2.49. The molecule has 7 nitrogen and oxygen atoms in total. The standard InChI is InChI=1S/C29H40FN3O4S/c1-20-4-14-26(15-5-20)38(35,36)33-17-16-25(19-33)37-27(29(31)34)18-21-6-8-22(9-7-21)28(32(2)3)23-10-12-24(30)13-11-23/h4-5,10-15,21-22,25,27-28H,6-9,16-19H2,1-3H3,(H2,31,34). The predicted octanol–water partition coefficient (Wildman–Crippen LogP) is 4.27. The molecule has 38 heavy (non-hydrogen) atoms. The van der Waals surface area contributed by atoms with Gasteiger partial charge in [0.15, 0.2) is 0 Å². The lowest BCUT2D eigenvalue weighted by atomic mass is 9.75. The first-order valence-electron chi connectivity index (χ1n) is 13.5. The summed E-state index contributed by atoms with van der Waals surface area (Å²) >= 11 is 0. The second kappa shape index (κ2) is 12.2. The molecule has 0 bridgehead atoms. The van der Waals surface area contributed by atoms with Crippen LogP contribution in [-0.4, -0.2) is 62.9 Å². The van der Waals surface area contributed by atoms with Gasteiger partial charge in [0, 0.05) is 19.1 Å². The number of hydrogen-bond acceptors (Lipinski definition) is 5. The fraction of sp³-hybridized carbons (Fsp3) is 0.552. The maximum Gasteiger partial charge on any atom is 0.246 e. The Labute approximate surface area is 226 Å². The van der Waals surface area contributed by atoms with Crippen LogP contribution in [0.3, 0.4) is 0 Å². The molecule has 1 amide bonds. The van der Waals surface area contributed by atoms with Gasteiger partial charge in [0.05, 0.1) is 11.0 Å². The predicted molar refractivity (Wildman–Crippen MR) is 145 cm³/mol. The third-order valence-corrected chi connectivity index (χ3v) is 9.97. The summed E-state index contributed by atoms with van der Waals surface area (Å²) in [5.74, 6) is 0.0265. The summed E-state index contributed by atoms with van der Waals surface area (Å²) < 4.78 is 47.1. The lowest BCUT2D eigenvalue weighted by Gasteiger charge is -2.38. The Balaban J connectivity index is 1.32. The van der Waals surface area contributed by atoms with Gasteiger partial charge in [-0.25, -0.2) is 12.8 Å². The fourth-order valence-corrected chi connectivity index (χ4v) is 7.54. The van der Waals surface area contributed by atoms with Gasteiger partial charge in [-0.1, -0.05) is 42.7 Å². The van der Waals surface area contributed by atoms with E-state index in [0.29, 0.717) is 31.2 Å². The second-order valence-corrected chi connectivity index (χ2v) is 13.0. The molecule has 2 N–H and O–H groups in total. The Morgan fingerprint density at radius 2 is 1.68 bits per heavy atom. The maximum absolute atomic E-state index is 13.5. The number of nitrogens with zero attached hydrogens (tertiary/aromatic N) is 2. The van der Waals surface area contributed by atoms with Crippen LogP contribution in [-0.2, 0) is 19.6 Å². The second-order valence-electron chi connectivity index (χ2n) is 11.1. The quantitative estimate of drug-likeness (QED) is 0.482. The average molecular weight is 546 g/mol. The minimum Gasteiger partial charge on any atom is -0.367 e. The van der Waals surface area contributed by atoms with Crippen molar-refractivity contribution in [1.82, 2.24) is 9.21 Å². The molecular formula is C29H40FN3O4S. The van der Waals surface area contributed by atoms with Crippen LogP contribution in [0.4, 0.5) is 4.39 Å². The Bertz CT molecular complexity index is 1180. The number of carbonyl (C=O) groups is 1. The average Bonchev–Trinajstić information content (AvgIpc) is 3.35. The molecule has 2 aromatic rings. The van der Waals surface area contributed by atoms with Crippen LogP contribution in [0.5, 0.6) is 0 Å². The summed E-state index contributed by atoms with van der Waals surface area (Å²) in [6.07, 6.45) is 3.91. The van der Waals surface area contributed by atoms with Gasteiger partial charge in [-0.15, -0.1) is 0 Å². The van der Waals surface area contributed by atoms with Crippen molar-refractivity contribution in [3.63, 3.8) is 0 Å². The van der Waals surface area contributed by atoms with E-state index in [1.165, 1.54) is 16.4 Å². The number of amides is 1. The van der Waals surface area contributed by atoms with Crippen LogP contribution in [0.2, 0.25) is 0 Å². The molecule has 3 unspecified atom stereocenters. The lowest BCUT2D eigenvalue weighted by Crippen LogP contribution is -2.38. The summed E-state index contributed by atoms with van der Waals surface area (Å²) in [7, 11) is 0.507. The molecule has 2 aromatic carbocycles. The van der Waals surface area contributed by atoms with Gasteiger partial charge in [0.25, 0.3) is 0 Å². The van der Waals surface area contributed by atoms with E-state index in [0.717, 1.165) is 36.8 Å². The number of halogens is 1. The Hall–Kier alpha value is -2.33. The first-order valence-corrected chi connectivity index (χ1v) is 14.9. The lowest BCUT2D eigenvalue weighted by molar-refractivity contribution is -0.134. The molecule has 1 saturated carbocycles. The highest BCUT2D eigenvalue weighted by Crippen LogP contribution is 2.41. The molecular weight excluding hydrogens is 505 g/mol. The van der Waals surface area contributed by atoms with Crippen molar-refractivity contribution < 1.29 is 22.3 Å². The van der Waals surface area contributed by atoms with Gasteiger partial charge in [-0.2, -0.15) is 4.31 Å². The van der Waals surface area contributed by atoms with Gasteiger partial charge >= 0.3 is 0 Å². The molecule has 1 aliphatic heterocycles. The first-order chi connectivity index (χ1) is 18.0. The van der Waals surface area contributed by atoms with Gasteiger partial charge in [0.1, 0.15) is 11.9 Å². The van der Waals surface area contributed by atoms with E-state index in [4.69, 9.17) is 10.5 Å². The first kappa shape index (κ1) is 28.7. The number of hydrogen-bond donors (Lipinski definition) is 1. The summed E-state index contributed by atoms with van der Waals surface area (Å²) in [5, 5.41) is 0. The zero-order valence-electron chi connectivity index (χ0n) is 22.6. The van der Waals surface area contributed by atoms with Gasteiger partial charge in [-0.05, 0) is 88.4 Å². The maximum atomic E-state index is 13.5. The van der Waals surface area contributed by atoms with Crippen molar-refractivity contribution in [2.45, 2.75) is 68.6 Å². The van der Waals surface area contributed by atoms with E-state index < -0.39 is 22.0 Å². The Morgan fingerprint density at radius 3 is 2.26 bits per heavy atom. The zero-order chi connectivity index (χ0) is 27.4. The van der Waals surface area contributed by atoms with Crippen molar-refractivity contribution in [3.05, 3.63) is 65.5 Å². The number of nitrogens with two attached hydrogens (primary N) is 1. The smallest absolute Gasteiger partial charge is 0.246 e. The largest absolute Gasteiger partial charge is 0.367 e. The van der Waals surface area contributed by atoms with Gasteiger partial charge in [-0.3, -0.25) is 4.79 Å². The molecule has 1 heterocycles. The number of ether oxygens (including phenoxy) is 1. The molecule has 2 fully saturated rings. The summed E-state index contributed by atoms with van der Waals surface area (Å²) in [6, 6.07) is 13.8. The van der Waals surface area contributed by atoms with Crippen molar-refractivity contribution in [2.24, 2.45) is 17.6 Å². The van der Waals surface area contributed by atoms with Crippen LogP contribution in [0.15, 0.2) is 53.4 Å². The third-order valence-electron chi connectivity index (χ3n) is 8.09. The van der Waals surface area contributed by atoms with E-state index in [9.17, 15) is 17.6 Å². The third kappa shape index (κ3) is 6.81. The van der Waals surface area contributed by atoms with Crippen molar-refractivity contribution in [3.8, 4) is 0 Å². The molecule has 4 rings (SSSR count). The highest BCUT2D eigenvalue weighted by molar-refractivity contribution is 7.89. The van der Waals surface area contributed by atoms with Gasteiger partial charge in [0.2, 0.25) is 15.9 Å². The van der Waals surface area contributed by atoms with Crippen LogP contribution in [0, 0.1) is 24.6 Å². The molecule has 208 valence electrons. The number of aryl methyl sites for hydroxylation is 1.